The standard InChI is InChI=1S/C14H13F2N3O2/c1-8(6-17)7-19-12(20)14(2,18-13(19)21)10-5-9(15)3-4-11(10)16/h3-5,8H,7H2,1-2H3,(H,18,21)/t8-,14+/m1/s1. The van der Waals surface area contributed by atoms with Crippen LogP contribution >= 0.6 is 0 Å². The van der Waals surface area contributed by atoms with Gasteiger partial charge in [0.2, 0.25) is 0 Å². The first-order valence-corrected chi connectivity index (χ1v) is 6.29. The van der Waals surface area contributed by atoms with E-state index in [1.54, 1.807) is 6.92 Å². The van der Waals surface area contributed by atoms with Crippen molar-refractivity contribution in [2.24, 2.45) is 5.92 Å². The first-order valence-electron chi connectivity index (χ1n) is 6.29. The van der Waals surface area contributed by atoms with Gasteiger partial charge in [0, 0.05) is 12.1 Å². The van der Waals surface area contributed by atoms with E-state index >= 15 is 0 Å². The van der Waals surface area contributed by atoms with E-state index in [9.17, 15) is 18.4 Å². The predicted octanol–water partition coefficient (Wildman–Crippen LogP) is 1.89. The molecule has 3 amide bonds. The monoisotopic (exact) mass is 293 g/mol. The van der Waals surface area contributed by atoms with Gasteiger partial charge in [-0.05, 0) is 32.0 Å². The van der Waals surface area contributed by atoms with E-state index in [0.717, 1.165) is 23.1 Å². The molecular weight excluding hydrogens is 280 g/mol. The molecule has 0 aromatic heterocycles. The molecule has 7 heteroatoms. The molecule has 1 saturated heterocycles. The number of nitriles is 1. The third kappa shape index (κ3) is 2.44. The van der Waals surface area contributed by atoms with Gasteiger partial charge in [-0.25, -0.2) is 13.6 Å². The van der Waals surface area contributed by atoms with Crippen molar-refractivity contribution in [3.05, 3.63) is 35.4 Å². The van der Waals surface area contributed by atoms with E-state index in [1.165, 1.54) is 6.92 Å². The molecule has 110 valence electrons. The average molecular weight is 293 g/mol. The zero-order valence-corrected chi connectivity index (χ0v) is 11.5. The Morgan fingerprint density at radius 2 is 2.10 bits per heavy atom. The zero-order chi connectivity index (χ0) is 15.8. The summed E-state index contributed by atoms with van der Waals surface area (Å²) in [5, 5.41) is 11.1. The highest BCUT2D eigenvalue weighted by molar-refractivity contribution is 6.07. The van der Waals surface area contributed by atoms with Crippen molar-refractivity contribution in [3.63, 3.8) is 0 Å². The Kier molecular flexibility index (Phi) is 3.64. The molecule has 1 N–H and O–H groups in total. The van der Waals surface area contributed by atoms with E-state index in [2.05, 4.69) is 5.32 Å². The molecule has 1 aromatic carbocycles. The fourth-order valence-electron chi connectivity index (χ4n) is 2.24. The van der Waals surface area contributed by atoms with E-state index in [1.807, 2.05) is 6.07 Å². The number of hydrogen-bond acceptors (Lipinski definition) is 3. The predicted molar refractivity (Wildman–Crippen MR) is 68.7 cm³/mol. The van der Waals surface area contributed by atoms with Crippen LogP contribution in [0.1, 0.15) is 19.4 Å². The zero-order valence-electron chi connectivity index (χ0n) is 11.5. The number of hydrogen-bond donors (Lipinski definition) is 1. The minimum Gasteiger partial charge on any atom is -0.319 e. The van der Waals surface area contributed by atoms with Crippen molar-refractivity contribution < 1.29 is 18.4 Å². The Morgan fingerprint density at radius 3 is 2.71 bits per heavy atom. The van der Waals surface area contributed by atoms with Crippen LogP contribution < -0.4 is 5.32 Å². The maximum Gasteiger partial charge on any atom is 0.325 e. The summed E-state index contributed by atoms with van der Waals surface area (Å²) in [5.74, 6) is -2.76. The lowest BCUT2D eigenvalue weighted by molar-refractivity contribution is -0.131. The molecule has 0 saturated carbocycles. The summed E-state index contributed by atoms with van der Waals surface area (Å²) < 4.78 is 27.2. The number of carbonyl (C=O) groups is 2. The van der Waals surface area contributed by atoms with Crippen LogP contribution in [0.15, 0.2) is 18.2 Å². The molecule has 0 spiro atoms. The second kappa shape index (κ2) is 5.13. The molecule has 0 bridgehead atoms. The number of halogens is 2. The third-order valence-electron chi connectivity index (χ3n) is 3.42. The van der Waals surface area contributed by atoms with Gasteiger partial charge in [-0.3, -0.25) is 9.69 Å². The van der Waals surface area contributed by atoms with Crippen LogP contribution in [0.2, 0.25) is 0 Å². The highest BCUT2D eigenvalue weighted by Gasteiger charge is 2.50. The van der Waals surface area contributed by atoms with Gasteiger partial charge in [0.25, 0.3) is 5.91 Å². The number of amides is 3. The van der Waals surface area contributed by atoms with E-state index in [4.69, 9.17) is 5.26 Å². The van der Waals surface area contributed by atoms with Crippen molar-refractivity contribution in [2.75, 3.05) is 6.54 Å². The summed E-state index contributed by atoms with van der Waals surface area (Å²) >= 11 is 0. The summed E-state index contributed by atoms with van der Waals surface area (Å²) in [6.45, 7) is 2.76. The van der Waals surface area contributed by atoms with Gasteiger partial charge >= 0.3 is 6.03 Å². The van der Waals surface area contributed by atoms with Gasteiger partial charge in [0.05, 0.1) is 12.0 Å². The number of imide groups is 1. The summed E-state index contributed by atoms with van der Waals surface area (Å²) in [6, 6.07) is 3.89. The molecule has 1 aliphatic rings. The number of rotatable bonds is 3. The summed E-state index contributed by atoms with van der Waals surface area (Å²) in [5.41, 5.74) is -1.92. The van der Waals surface area contributed by atoms with Crippen molar-refractivity contribution >= 4 is 11.9 Å². The molecule has 5 nitrogen and oxygen atoms in total. The molecule has 0 radical (unpaired) electrons. The van der Waals surface area contributed by atoms with Gasteiger partial charge < -0.3 is 5.32 Å². The highest BCUT2D eigenvalue weighted by Crippen LogP contribution is 2.31. The maximum atomic E-state index is 13.9. The molecule has 1 aromatic rings. The lowest BCUT2D eigenvalue weighted by Crippen LogP contribution is -2.42. The first-order chi connectivity index (χ1) is 9.79. The van der Waals surface area contributed by atoms with Crippen molar-refractivity contribution in [1.29, 1.82) is 5.26 Å². The fourth-order valence-corrected chi connectivity index (χ4v) is 2.24. The van der Waals surface area contributed by atoms with E-state index in [-0.39, 0.29) is 12.1 Å². The topological polar surface area (TPSA) is 73.2 Å². The highest BCUT2D eigenvalue weighted by atomic mass is 19.1. The Labute approximate surface area is 120 Å². The number of urea groups is 1. The molecule has 0 unspecified atom stereocenters. The van der Waals surface area contributed by atoms with E-state index in [0.29, 0.717) is 0 Å². The quantitative estimate of drug-likeness (QED) is 0.865. The SMILES string of the molecule is C[C@H](C#N)CN1C(=O)N[C@@](C)(c2cc(F)ccc2F)C1=O. The van der Waals surface area contributed by atoms with Crippen molar-refractivity contribution in [3.8, 4) is 6.07 Å². The molecule has 1 aliphatic heterocycles. The van der Waals surface area contributed by atoms with Crippen LogP contribution in [-0.4, -0.2) is 23.4 Å². The molecule has 0 aliphatic carbocycles. The lowest BCUT2D eigenvalue weighted by atomic mass is 9.91. The molecule has 2 rings (SSSR count). The van der Waals surface area contributed by atoms with Crippen LogP contribution in [-0.2, 0) is 10.3 Å². The Morgan fingerprint density at radius 1 is 1.43 bits per heavy atom. The van der Waals surface area contributed by atoms with Gasteiger partial charge in [-0.2, -0.15) is 5.26 Å². The Hall–Kier alpha value is -2.49. The van der Waals surface area contributed by atoms with Gasteiger partial charge in [-0.15, -0.1) is 0 Å². The van der Waals surface area contributed by atoms with Crippen LogP contribution in [0.5, 0.6) is 0 Å². The van der Waals surface area contributed by atoms with Crippen LogP contribution in [0.25, 0.3) is 0 Å². The Balaban J connectivity index is 2.41. The van der Waals surface area contributed by atoms with Gasteiger partial charge in [0.15, 0.2) is 0 Å². The van der Waals surface area contributed by atoms with Crippen LogP contribution in [0.4, 0.5) is 13.6 Å². The minimum absolute atomic E-state index is 0.103. The molecule has 2 atom stereocenters. The molecular formula is C14H13F2N3O2. The van der Waals surface area contributed by atoms with Gasteiger partial charge in [0.1, 0.15) is 17.2 Å². The number of carbonyl (C=O) groups excluding carboxylic acids is 2. The average Bonchev–Trinajstić information content (AvgIpc) is 2.65. The largest absolute Gasteiger partial charge is 0.325 e. The smallest absolute Gasteiger partial charge is 0.319 e. The van der Waals surface area contributed by atoms with Gasteiger partial charge in [-0.1, -0.05) is 0 Å². The third-order valence-corrected chi connectivity index (χ3v) is 3.42. The first kappa shape index (κ1) is 14.9. The van der Waals surface area contributed by atoms with E-state index < -0.39 is 35.0 Å². The minimum atomic E-state index is -1.68. The number of nitrogens with one attached hydrogen (secondary N) is 1. The second-order valence-corrected chi connectivity index (χ2v) is 5.13. The summed E-state index contributed by atoms with van der Waals surface area (Å²) in [6.07, 6.45) is 0. The summed E-state index contributed by atoms with van der Waals surface area (Å²) in [7, 11) is 0. The molecule has 21 heavy (non-hydrogen) atoms. The van der Waals surface area contributed by atoms with Crippen LogP contribution in [0.3, 0.4) is 0 Å². The molecule has 1 fully saturated rings. The number of benzene rings is 1. The fraction of sp³-hybridized carbons (Fsp3) is 0.357. The second-order valence-electron chi connectivity index (χ2n) is 5.13. The van der Waals surface area contributed by atoms with Crippen molar-refractivity contribution in [2.45, 2.75) is 19.4 Å². The maximum absolute atomic E-state index is 13.9. The molecule has 1 heterocycles. The number of nitrogens with zero attached hydrogens (tertiary/aromatic N) is 2. The Bertz CT molecular complexity index is 656. The summed E-state index contributed by atoms with van der Waals surface area (Å²) in [4.78, 5) is 25.1. The van der Waals surface area contributed by atoms with Crippen LogP contribution in [0, 0.1) is 28.9 Å². The van der Waals surface area contributed by atoms with Crippen molar-refractivity contribution in [1.82, 2.24) is 10.2 Å². The normalized spacial score (nSPS) is 22.9. The lowest BCUT2D eigenvalue weighted by Gasteiger charge is -2.23.